The van der Waals surface area contributed by atoms with E-state index in [4.69, 9.17) is 9.47 Å². The van der Waals surface area contributed by atoms with Gasteiger partial charge in [-0.3, -0.25) is 19.7 Å². The zero-order valence-corrected chi connectivity index (χ0v) is 18.6. The van der Waals surface area contributed by atoms with Crippen molar-refractivity contribution in [2.45, 2.75) is 16.6 Å². The summed E-state index contributed by atoms with van der Waals surface area (Å²) >= 11 is 1.56. The summed E-state index contributed by atoms with van der Waals surface area (Å²) in [4.78, 5) is 38.8. The molecule has 0 radical (unpaired) electrons. The van der Waals surface area contributed by atoms with Gasteiger partial charge in [0.05, 0.1) is 10.6 Å². The maximum Gasteiger partial charge on any atom is 0.269 e. The van der Waals surface area contributed by atoms with E-state index in [1.807, 2.05) is 42.5 Å². The van der Waals surface area contributed by atoms with Gasteiger partial charge in [0.15, 0.2) is 11.5 Å². The Hall–Kier alpha value is -4.05. The Morgan fingerprint density at radius 1 is 1.09 bits per heavy atom. The lowest BCUT2D eigenvalue weighted by atomic mass is 10.1. The second kappa shape index (κ2) is 9.06. The highest BCUT2D eigenvalue weighted by Crippen LogP contribution is 2.47. The molecule has 2 aliphatic rings. The Balaban J connectivity index is 1.36. The molecule has 0 saturated heterocycles. The quantitative estimate of drug-likeness (QED) is 0.424. The Morgan fingerprint density at radius 3 is 2.65 bits per heavy atom. The first-order valence-electron chi connectivity index (χ1n) is 10.5. The lowest BCUT2D eigenvalue weighted by molar-refractivity contribution is -0.384. The van der Waals surface area contributed by atoms with Crippen LogP contribution in [0.15, 0.2) is 71.6 Å². The molecule has 3 aromatic carbocycles. The predicted molar refractivity (Wildman–Crippen MR) is 126 cm³/mol. The zero-order chi connectivity index (χ0) is 23.7. The van der Waals surface area contributed by atoms with Gasteiger partial charge < -0.3 is 19.7 Å². The number of fused-ring (bicyclic) bond motifs is 2. The molecule has 2 amide bonds. The molecule has 9 nitrogen and oxygen atoms in total. The lowest BCUT2D eigenvalue weighted by Gasteiger charge is -2.22. The van der Waals surface area contributed by atoms with Crippen molar-refractivity contribution in [2.75, 3.05) is 23.6 Å². The van der Waals surface area contributed by atoms with Crippen molar-refractivity contribution in [1.82, 2.24) is 0 Å². The summed E-state index contributed by atoms with van der Waals surface area (Å²) in [5.41, 5.74) is 1.95. The highest BCUT2D eigenvalue weighted by Gasteiger charge is 2.31. The third kappa shape index (κ3) is 4.40. The smallest absolute Gasteiger partial charge is 0.269 e. The third-order valence-corrected chi connectivity index (χ3v) is 6.84. The molecule has 0 bridgehead atoms. The number of amides is 2. The Bertz CT molecular complexity index is 1280. The molecule has 3 aromatic rings. The van der Waals surface area contributed by atoms with Crippen LogP contribution in [0.4, 0.5) is 17.1 Å². The number of nitrogens with zero attached hydrogens (tertiary/aromatic N) is 2. The fourth-order valence-electron chi connectivity index (χ4n) is 3.86. The molecule has 1 N–H and O–H groups in total. The highest BCUT2D eigenvalue weighted by atomic mass is 32.2. The van der Waals surface area contributed by atoms with Crippen molar-refractivity contribution in [3.05, 3.63) is 82.4 Å². The largest absolute Gasteiger partial charge is 0.454 e. The number of carbonyl (C=O) groups is 2. The minimum Gasteiger partial charge on any atom is -0.454 e. The fraction of sp³-hybridized carbons (Fsp3) is 0.167. The number of hydrogen-bond donors (Lipinski definition) is 1. The topological polar surface area (TPSA) is 111 Å². The zero-order valence-electron chi connectivity index (χ0n) is 17.8. The van der Waals surface area contributed by atoms with Crippen LogP contribution in [0.2, 0.25) is 0 Å². The number of para-hydroxylation sites is 1. The molecule has 0 spiro atoms. The summed E-state index contributed by atoms with van der Waals surface area (Å²) in [7, 11) is 0. The van der Waals surface area contributed by atoms with Crippen LogP contribution in [0, 0.1) is 10.1 Å². The lowest BCUT2D eigenvalue weighted by Crippen LogP contribution is -2.38. The minimum atomic E-state index is -0.507. The van der Waals surface area contributed by atoms with Gasteiger partial charge in [0, 0.05) is 34.4 Å². The molecule has 34 heavy (non-hydrogen) atoms. The van der Waals surface area contributed by atoms with Crippen molar-refractivity contribution in [1.29, 1.82) is 0 Å². The van der Waals surface area contributed by atoms with Crippen molar-refractivity contribution in [3.63, 3.8) is 0 Å². The Labute approximate surface area is 198 Å². The number of carbonyl (C=O) groups excluding carboxylic acids is 2. The Kier molecular flexibility index (Phi) is 5.81. The molecule has 172 valence electrons. The summed E-state index contributed by atoms with van der Waals surface area (Å²) in [5.74, 6) is 0.753. The minimum absolute atomic E-state index is 0.0683. The second-order valence-corrected chi connectivity index (χ2v) is 8.97. The number of thioether (sulfide) groups is 1. The molecule has 0 saturated carbocycles. The molecule has 2 aliphatic heterocycles. The van der Waals surface area contributed by atoms with Crippen LogP contribution in [0.5, 0.6) is 11.5 Å². The average molecular weight is 477 g/mol. The van der Waals surface area contributed by atoms with Gasteiger partial charge in [0.2, 0.25) is 18.6 Å². The summed E-state index contributed by atoms with van der Waals surface area (Å²) in [5, 5.41) is 13.4. The first kappa shape index (κ1) is 21.8. The summed E-state index contributed by atoms with van der Waals surface area (Å²) in [6.07, 6.45) is 0.198. The van der Waals surface area contributed by atoms with Crippen molar-refractivity contribution < 1.29 is 24.0 Å². The summed E-state index contributed by atoms with van der Waals surface area (Å²) in [6.45, 7) is -0.00271. The molecule has 1 atom stereocenters. The number of nitrogens with one attached hydrogen (secondary N) is 1. The monoisotopic (exact) mass is 477 g/mol. The molecule has 1 unspecified atom stereocenters. The maximum atomic E-state index is 13.3. The van der Waals surface area contributed by atoms with Gasteiger partial charge in [0.25, 0.3) is 5.69 Å². The number of benzene rings is 3. The maximum absolute atomic E-state index is 13.3. The van der Waals surface area contributed by atoms with Gasteiger partial charge in [-0.15, -0.1) is 11.8 Å². The average Bonchev–Trinajstić information content (AvgIpc) is 3.25. The van der Waals surface area contributed by atoms with Gasteiger partial charge in [-0.1, -0.05) is 18.2 Å². The number of nitro benzene ring substituents is 1. The van der Waals surface area contributed by atoms with Crippen molar-refractivity contribution in [2.24, 2.45) is 0 Å². The van der Waals surface area contributed by atoms with Gasteiger partial charge in [0.1, 0.15) is 6.54 Å². The van der Waals surface area contributed by atoms with Crippen LogP contribution >= 0.6 is 11.8 Å². The van der Waals surface area contributed by atoms with Gasteiger partial charge in [-0.05, 0) is 42.0 Å². The first-order valence-corrected chi connectivity index (χ1v) is 11.4. The molecule has 0 aliphatic carbocycles. The second-order valence-electron chi connectivity index (χ2n) is 7.72. The standard InChI is InChI=1S/C24H19N3O6S/c28-23(25-16-6-8-17(9-7-16)27(30)31)13-26-18-3-1-2-4-21(18)34-22(12-24(26)29)15-5-10-19-20(11-15)33-14-32-19/h1-11,22H,12-14H2,(H,25,28). The van der Waals surface area contributed by atoms with E-state index in [1.54, 1.807) is 11.8 Å². The number of rotatable bonds is 5. The molecular formula is C24H19N3O6S. The van der Waals surface area contributed by atoms with Crippen LogP contribution in [-0.2, 0) is 9.59 Å². The molecule has 10 heteroatoms. The SMILES string of the molecule is O=C(CN1C(=O)CC(c2ccc3c(c2)OCO3)Sc2ccccc21)Nc1ccc([N+](=O)[O-])cc1. The van der Waals surface area contributed by atoms with Crippen molar-refractivity contribution in [3.8, 4) is 11.5 Å². The highest BCUT2D eigenvalue weighted by molar-refractivity contribution is 7.99. The number of non-ortho nitro benzene ring substituents is 1. The summed E-state index contributed by atoms with van der Waals surface area (Å²) in [6, 6.07) is 18.7. The molecule has 0 aromatic heterocycles. The summed E-state index contributed by atoms with van der Waals surface area (Å²) < 4.78 is 10.9. The molecule has 5 rings (SSSR count). The van der Waals surface area contributed by atoms with Gasteiger partial charge in [-0.25, -0.2) is 0 Å². The van der Waals surface area contributed by atoms with Crippen LogP contribution in [-0.4, -0.2) is 30.1 Å². The van der Waals surface area contributed by atoms with E-state index >= 15 is 0 Å². The van der Waals surface area contributed by atoms with E-state index in [2.05, 4.69) is 5.32 Å². The normalized spacial score (nSPS) is 16.5. The number of hydrogen-bond acceptors (Lipinski definition) is 7. The van der Waals surface area contributed by atoms with Crippen LogP contribution in [0.3, 0.4) is 0 Å². The van der Waals surface area contributed by atoms with E-state index in [-0.39, 0.29) is 36.6 Å². The van der Waals surface area contributed by atoms with Gasteiger partial charge >= 0.3 is 0 Å². The van der Waals surface area contributed by atoms with Gasteiger partial charge in [-0.2, -0.15) is 0 Å². The van der Waals surface area contributed by atoms with Crippen LogP contribution < -0.4 is 19.7 Å². The molecular weight excluding hydrogens is 458 g/mol. The Morgan fingerprint density at radius 2 is 1.85 bits per heavy atom. The van der Waals surface area contributed by atoms with E-state index in [9.17, 15) is 19.7 Å². The number of ether oxygens (including phenoxy) is 2. The van der Waals surface area contributed by atoms with Crippen molar-refractivity contribution >= 4 is 40.6 Å². The van der Waals surface area contributed by atoms with E-state index in [0.717, 1.165) is 10.5 Å². The van der Waals surface area contributed by atoms with Crippen LogP contribution in [0.25, 0.3) is 0 Å². The molecule has 0 fully saturated rings. The predicted octanol–water partition coefficient (Wildman–Crippen LogP) is 4.53. The van der Waals surface area contributed by atoms with E-state index in [0.29, 0.717) is 22.9 Å². The van der Waals surface area contributed by atoms with Crippen LogP contribution in [0.1, 0.15) is 17.2 Å². The third-order valence-electron chi connectivity index (χ3n) is 5.52. The number of nitro groups is 1. The number of anilines is 2. The van der Waals surface area contributed by atoms with E-state index in [1.165, 1.54) is 29.2 Å². The fourth-order valence-corrected chi connectivity index (χ4v) is 5.13. The van der Waals surface area contributed by atoms with E-state index < -0.39 is 10.8 Å². The first-order chi connectivity index (χ1) is 16.5. The molecule has 2 heterocycles.